The van der Waals surface area contributed by atoms with Crippen LogP contribution in [0.1, 0.15) is 24.3 Å². The first-order valence-corrected chi connectivity index (χ1v) is 5.60. The van der Waals surface area contributed by atoms with Crippen molar-refractivity contribution in [3.8, 4) is 0 Å². The zero-order valence-electron chi connectivity index (χ0n) is 7.79. The van der Waals surface area contributed by atoms with Gasteiger partial charge in [-0.15, -0.1) is 0 Å². The molecule has 1 atom stereocenters. The van der Waals surface area contributed by atoms with Gasteiger partial charge in [0.05, 0.1) is 5.92 Å². The molecule has 1 saturated heterocycles. The average molecular weight is 254 g/mol. The third kappa shape index (κ3) is 1.82. The Balaban J connectivity index is 2.29. The van der Waals surface area contributed by atoms with Gasteiger partial charge in [0.25, 0.3) is 0 Å². The van der Waals surface area contributed by atoms with Crippen molar-refractivity contribution in [2.24, 2.45) is 0 Å². The summed E-state index contributed by atoms with van der Waals surface area (Å²) >= 11 is 3.48. The Bertz CT molecular complexity index is 351. The summed E-state index contributed by atoms with van der Waals surface area (Å²) in [7, 11) is 0. The SMILES string of the molecule is O=C1NCCCC1c1ccccc1Br. The number of benzene rings is 1. The minimum absolute atomic E-state index is 0.0272. The summed E-state index contributed by atoms with van der Waals surface area (Å²) in [6.07, 6.45) is 2.02. The molecule has 1 N–H and O–H groups in total. The zero-order chi connectivity index (χ0) is 9.97. The van der Waals surface area contributed by atoms with E-state index in [0.717, 1.165) is 29.4 Å². The number of halogens is 1. The lowest BCUT2D eigenvalue weighted by Gasteiger charge is -2.22. The zero-order valence-corrected chi connectivity index (χ0v) is 9.38. The summed E-state index contributed by atoms with van der Waals surface area (Å²) < 4.78 is 1.03. The van der Waals surface area contributed by atoms with E-state index in [4.69, 9.17) is 0 Å². The van der Waals surface area contributed by atoms with Crippen LogP contribution in [0.4, 0.5) is 0 Å². The number of rotatable bonds is 1. The largest absolute Gasteiger partial charge is 0.356 e. The molecule has 0 radical (unpaired) electrons. The Kier molecular flexibility index (Phi) is 2.87. The number of nitrogens with one attached hydrogen (secondary N) is 1. The van der Waals surface area contributed by atoms with Crippen LogP contribution in [0.25, 0.3) is 0 Å². The highest BCUT2D eigenvalue weighted by molar-refractivity contribution is 9.10. The van der Waals surface area contributed by atoms with Gasteiger partial charge >= 0.3 is 0 Å². The van der Waals surface area contributed by atoms with Crippen molar-refractivity contribution in [3.05, 3.63) is 34.3 Å². The van der Waals surface area contributed by atoms with Crippen LogP contribution in [-0.4, -0.2) is 12.5 Å². The number of hydrogen-bond acceptors (Lipinski definition) is 1. The molecule has 1 unspecified atom stereocenters. The first-order valence-electron chi connectivity index (χ1n) is 4.81. The molecule has 2 rings (SSSR count). The summed E-state index contributed by atoms with van der Waals surface area (Å²) in [5.74, 6) is 0.183. The molecule has 0 aromatic heterocycles. The quantitative estimate of drug-likeness (QED) is 0.819. The molecule has 1 aliphatic heterocycles. The Hall–Kier alpha value is -0.830. The lowest BCUT2D eigenvalue weighted by molar-refractivity contribution is -0.123. The van der Waals surface area contributed by atoms with Gasteiger partial charge in [0.15, 0.2) is 0 Å². The van der Waals surface area contributed by atoms with Crippen LogP contribution in [0.2, 0.25) is 0 Å². The smallest absolute Gasteiger partial charge is 0.227 e. The molecule has 1 aromatic rings. The van der Waals surface area contributed by atoms with Crippen LogP contribution >= 0.6 is 15.9 Å². The molecule has 2 nitrogen and oxygen atoms in total. The second kappa shape index (κ2) is 4.13. The predicted molar refractivity (Wildman–Crippen MR) is 59.1 cm³/mol. The van der Waals surface area contributed by atoms with Gasteiger partial charge in [-0.25, -0.2) is 0 Å². The highest BCUT2D eigenvalue weighted by Gasteiger charge is 2.24. The third-order valence-electron chi connectivity index (χ3n) is 2.57. The van der Waals surface area contributed by atoms with E-state index in [0.29, 0.717) is 0 Å². The van der Waals surface area contributed by atoms with Crippen molar-refractivity contribution in [2.75, 3.05) is 6.54 Å². The van der Waals surface area contributed by atoms with Gasteiger partial charge in [-0.05, 0) is 24.5 Å². The van der Waals surface area contributed by atoms with E-state index in [1.165, 1.54) is 0 Å². The highest BCUT2D eigenvalue weighted by Crippen LogP contribution is 2.29. The minimum atomic E-state index is 0.0272. The van der Waals surface area contributed by atoms with Crippen molar-refractivity contribution >= 4 is 21.8 Å². The number of carbonyl (C=O) groups is 1. The van der Waals surface area contributed by atoms with E-state index in [1.54, 1.807) is 0 Å². The van der Waals surface area contributed by atoms with E-state index in [2.05, 4.69) is 21.2 Å². The summed E-state index contributed by atoms with van der Waals surface area (Å²) in [6, 6.07) is 7.94. The molecule has 1 aliphatic rings. The first-order chi connectivity index (χ1) is 6.79. The van der Waals surface area contributed by atoms with Gasteiger partial charge in [-0.1, -0.05) is 34.1 Å². The van der Waals surface area contributed by atoms with E-state index < -0.39 is 0 Å². The molecule has 1 fully saturated rings. The normalized spacial score (nSPS) is 21.8. The molecule has 14 heavy (non-hydrogen) atoms. The van der Waals surface area contributed by atoms with Gasteiger partial charge < -0.3 is 5.32 Å². The van der Waals surface area contributed by atoms with Gasteiger partial charge in [0.2, 0.25) is 5.91 Å². The Morgan fingerprint density at radius 2 is 2.14 bits per heavy atom. The maximum absolute atomic E-state index is 11.6. The van der Waals surface area contributed by atoms with Crippen LogP contribution in [0, 0.1) is 0 Å². The van der Waals surface area contributed by atoms with E-state index >= 15 is 0 Å². The van der Waals surface area contributed by atoms with Gasteiger partial charge in [0, 0.05) is 11.0 Å². The van der Waals surface area contributed by atoms with Gasteiger partial charge in [0.1, 0.15) is 0 Å². The predicted octanol–water partition coefficient (Wildman–Crippen LogP) is 2.44. The molecule has 0 aliphatic carbocycles. The van der Waals surface area contributed by atoms with Gasteiger partial charge in [-0.3, -0.25) is 4.79 Å². The second-order valence-corrected chi connectivity index (χ2v) is 4.36. The topological polar surface area (TPSA) is 29.1 Å². The van der Waals surface area contributed by atoms with Crippen molar-refractivity contribution in [1.29, 1.82) is 0 Å². The first kappa shape index (κ1) is 9.71. The number of hydrogen-bond donors (Lipinski definition) is 1. The average Bonchev–Trinajstić information content (AvgIpc) is 2.20. The molecule has 0 saturated carbocycles. The summed E-state index contributed by atoms with van der Waals surface area (Å²) in [5.41, 5.74) is 1.10. The van der Waals surface area contributed by atoms with Gasteiger partial charge in [-0.2, -0.15) is 0 Å². The highest BCUT2D eigenvalue weighted by atomic mass is 79.9. The lowest BCUT2D eigenvalue weighted by Crippen LogP contribution is -2.35. The second-order valence-electron chi connectivity index (χ2n) is 3.51. The Morgan fingerprint density at radius 3 is 2.86 bits per heavy atom. The van der Waals surface area contributed by atoms with Crippen LogP contribution in [0.5, 0.6) is 0 Å². The molecular weight excluding hydrogens is 242 g/mol. The molecule has 1 heterocycles. The van der Waals surface area contributed by atoms with Crippen LogP contribution < -0.4 is 5.32 Å². The fraction of sp³-hybridized carbons (Fsp3) is 0.364. The summed E-state index contributed by atoms with van der Waals surface area (Å²) in [4.78, 5) is 11.6. The minimum Gasteiger partial charge on any atom is -0.356 e. The fourth-order valence-electron chi connectivity index (χ4n) is 1.83. The maximum atomic E-state index is 11.6. The molecule has 1 amide bonds. The van der Waals surface area contributed by atoms with Crippen molar-refractivity contribution in [3.63, 3.8) is 0 Å². The Labute approximate surface area is 91.8 Å². The van der Waals surface area contributed by atoms with Crippen molar-refractivity contribution in [1.82, 2.24) is 5.32 Å². The third-order valence-corrected chi connectivity index (χ3v) is 3.29. The van der Waals surface area contributed by atoms with Crippen LogP contribution in [0.15, 0.2) is 28.7 Å². The van der Waals surface area contributed by atoms with Crippen molar-refractivity contribution in [2.45, 2.75) is 18.8 Å². The molecule has 0 bridgehead atoms. The summed E-state index contributed by atoms with van der Waals surface area (Å²) in [5, 5.41) is 2.90. The standard InChI is InChI=1S/C11H12BrNO/c12-10-6-2-1-4-8(10)9-5-3-7-13-11(9)14/h1-2,4,6,9H,3,5,7H2,(H,13,14). The molecule has 3 heteroatoms. The molecule has 0 spiro atoms. The number of piperidine rings is 1. The van der Waals surface area contributed by atoms with E-state index in [9.17, 15) is 4.79 Å². The van der Waals surface area contributed by atoms with E-state index in [1.807, 2.05) is 24.3 Å². The number of carbonyl (C=O) groups excluding carboxylic acids is 1. The summed E-state index contributed by atoms with van der Waals surface area (Å²) in [6.45, 7) is 0.819. The molecule has 1 aromatic carbocycles. The van der Waals surface area contributed by atoms with E-state index in [-0.39, 0.29) is 11.8 Å². The van der Waals surface area contributed by atoms with Crippen molar-refractivity contribution < 1.29 is 4.79 Å². The Morgan fingerprint density at radius 1 is 1.36 bits per heavy atom. The lowest BCUT2D eigenvalue weighted by atomic mass is 9.91. The maximum Gasteiger partial charge on any atom is 0.227 e. The van der Waals surface area contributed by atoms with Crippen LogP contribution in [-0.2, 0) is 4.79 Å². The molecular formula is C11H12BrNO. The number of amides is 1. The fourth-order valence-corrected chi connectivity index (χ4v) is 2.39. The van der Waals surface area contributed by atoms with Crippen LogP contribution in [0.3, 0.4) is 0 Å². The monoisotopic (exact) mass is 253 g/mol. The molecule has 74 valence electrons.